The van der Waals surface area contributed by atoms with E-state index in [1.165, 1.54) is 0 Å². The third-order valence-corrected chi connectivity index (χ3v) is 1.75. The van der Waals surface area contributed by atoms with Gasteiger partial charge in [-0.25, -0.2) is 10.4 Å². The molecular weight excluding hydrogens is 184 g/mol. The fourth-order valence-corrected chi connectivity index (χ4v) is 1.07. The van der Waals surface area contributed by atoms with Crippen LogP contribution in [-0.2, 0) is 16.0 Å². The van der Waals surface area contributed by atoms with Crippen LogP contribution in [0.25, 0.3) is 0 Å². The molecule has 1 aromatic heterocycles. The van der Waals surface area contributed by atoms with Crippen LogP contribution in [0.5, 0.6) is 0 Å². The van der Waals surface area contributed by atoms with E-state index in [-0.39, 0.29) is 5.97 Å². The maximum atomic E-state index is 11.3. The Kier molecular flexibility index (Phi) is 4.09. The monoisotopic (exact) mass is 198 g/mol. The normalized spacial score (nSPS) is 12.4. The third-order valence-electron chi connectivity index (χ3n) is 1.75. The van der Waals surface area contributed by atoms with Crippen molar-refractivity contribution in [2.45, 2.75) is 19.4 Å². The summed E-state index contributed by atoms with van der Waals surface area (Å²) in [4.78, 5) is 18.0. The van der Waals surface area contributed by atoms with E-state index in [0.29, 0.717) is 13.0 Å². The van der Waals surface area contributed by atoms with Gasteiger partial charge in [0.2, 0.25) is 0 Å². The molecule has 1 heterocycles. The first kappa shape index (κ1) is 10.7. The number of hydrazine groups is 1. The predicted molar refractivity (Wildman–Crippen MR) is 50.0 cm³/mol. The Labute approximate surface area is 81.8 Å². The Hall–Kier alpha value is -1.40. The van der Waals surface area contributed by atoms with Gasteiger partial charge in [0, 0.05) is 18.3 Å². The summed E-state index contributed by atoms with van der Waals surface area (Å²) in [5, 5.41) is 0. The number of nitrogens with two attached hydrogens (primary N) is 1. The lowest BCUT2D eigenvalue weighted by Crippen LogP contribution is -2.44. The van der Waals surface area contributed by atoms with Gasteiger partial charge in [-0.3, -0.25) is 10.6 Å². The predicted octanol–water partition coefficient (Wildman–Crippen LogP) is -0.653. The molecule has 0 saturated carbocycles. The highest BCUT2D eigenvalue weighted by atomic mass is 16.5. The summed E-state index contributed by atoms with van der Waals surface area (Å²) in [5.74, 6) is 4.88. The lowest BCUT2D eigenvalue weighted by molar-refractivity contribution is -0.145. The number of carbonyl (C=O) groups is 1. The summed E-state index contributed by atoms with van der Waals surface area (Å²) >= 11 is 0. The van der Waals surface area contributed by atoms with Crippen LogP contribution in [0, 0.1) is 0 Å². The van der Waals surface area contributed by atoms with E-state index in [4.69, 9.17) is 10.6 Å². The standard InChI is InChI=1S/C8H14N4O2/c1-2-14-8(13)7(12-9)3-6-4-10-5-11-6/h4-5,7,12H,2-3,9H2,1H3,(H,10,11). The minimum atomic E-state index is -0.532. The number of hydrogen-bond donors (Lipinski definition) is 3. The molecule has 1 aromatic rings. The van der Waals surface area contributed by atoms with Crippen molar-refractivity contribution in [1.29, 1.82) is 0 Å². The van der Waals surface area contributed by atoms with Crippen LogP contribution in [0.15, 0.2) is 12.5 Å². The van der Waals surface area contributed by atoms with Gasteiger partial charge >= 0.3 is 5.97 Å². The van der Waals surface area contributed by atoms with Crippen LogP contribution in [0.4, 0.5) is 0 Å². The third kappa shape index (κ3) is 2.82. The number of hydrogen-bond acceptors (Lipinski definition) is 5. The van der Waals surface area contributed by atoms with Crippen LogP contribution in [0.2, 0.25) is 0 Å². The summed E-state index contributed by atoms with van der Waals surface area (Å²) < 4.78 is 4.83. The van der Waals surface area contributed by atoms with Gasteiger partial charge < -0.3 is 9.72 Å². The van der Waals surface area contributed by atoms with Crippen LogP contribution < -0.4 is 11.3 Å². The second-order valence-corrected chi connectivity index (χ2v) is 2.75. The zero-order valence-electron chi connectivity index (χ0n) is 7.99. The number of imidazole rings is 1. The molecule has 0 saturated heterocycles. The molecule has 0 aliphatic carbocycles. The molecule has 6 nitrogen and oxygen atoms in total. The van der Waals surface area contributed by atoms with E-state index in [0.717, 1.165) is 5.69 Å². The van der Waals surface area contributed by atoms with E-state index in [1.807, 2.05) is 0 Å². The van der Waals surface area contributed by atoms with Crippen LogP contribution in [0.1, 0.15) is 12.6 Å². The van der Waals surface area contributed by atoms with Gasteiger partial charge in [-0.2, -0.15) is 0 Å². The van der Waals surface area contributed by atoms with E-state index >= 15 is 0 Å². The molecule has 1 atom stereocenters. The van der Waals surface area contributed by atoms with Crippen LogP contribution >= 0.6 is 0 Å². The number of carbonyl (C=O) groups excluding carboxylic acids is 1. The zero-order chi connectivity index (χ0) is 10.4. The Morgan fingerprint density at radius 2 is 2.64 bits per heavy atom. The molecule has 0 radical (unpaired) electrons. The van der Waals surface area contributed by atoms with Gasteiger partial charge in [0.15, 0.2) is 0 Å². The molecule has 1 rings (SSSR count). The molecule has 0 bridgehead atoms. The van der Waals surface area contributed by atoms with Gasteiger partial charge in [0.1, 0.15) is 6.04 Å². The number of H-pyrrole nitrogens is 1. The van der Waals surface area contributed by atoms with E-state index in [2.05, 4.69) is 15.4 Å². The van der Waals surface area contributed by atoms with Gasteiger partial charge in [-0.15, -0.1) is 0 Å². The van der Waals surface area contributed by atoms with Crippen LogP contribution in [0.3, 0.4) is 0 Å². The number of esters is 1. The molecule has 14 heavy (non-hydrogen) atoms. The van der Waals surface area contributed by atoms with Gasteiger partial charge in [-0.05, 0) is 6.92 Å². The van der Waals surface area contributed by atoms with Crippen molar-refractivity contribution in [1.82, 2.24) is 15.4 Å². The molecule has 1 unspecified atom stereocenters. The number of ether oxygens (including phenoxy) is 1. The van der Waals surface area contributed by atoms with Gasteiger partial charge in [0.25, 0.3) is 0 Å². The van der Waals surface area contributed by atoms with E-state index in [9.17, 15) is 4.79 Å². The molecule has 6 heteroatoms. The van der Waals surface area contributed by atoms with Gasteiger partial charge in [-0.1, -0.05) is 0 Å². The van der Waals surface area contributed by atoms with Crippen LogP contribution in [-0.4, -0.2) is 28.6 Å². The fraction of sp³-hybridized carbons (Fsp3) is 0.500. The topological polar surface area (TPSA) is 93.0 Å². The summed E-state index contributed by atoms with van der Waals surface area (Å²) in [5.41, 5.74) is 3.24. The fourth-order valence-electron chi connectivity index (χ4n) is 1.07. The highest BCUT2D eigenvalue weighted by Gasteiger charge is 2.18. The number of rotatable bonds is 5. The summed E-state index contributed by atoms with van der Waals surface area (Å²) in [7, 11) is 0. The first-order valence-electron chi connectivity index (χ1n) is 4.38. The highest BCUT2D eigenvalue weighted by molar-refractivity contribution is 5.75. The Morgan fingerprint density at radius 3 is 3.14 bits per heavy atom. The van der Waals surface area contributed by atoms with E-state index < -0.39 is 6.04 Å². The van der Waals surface area contributed by atoms with Crippen molar-refractivity contribution in [3.8, 4) is 0 Å². The first-order chi connectivity index (χ1) is 6.77. The molecule has 78 valence electrons. The highest BCUT2D eigenvalue weighted by Crippen LogP contribution is 1.99. The van der Waals surface area contributed by atoms with Crippen molar-refractivity contribution < 1.29 is 9.53 Å². The second kappa shape index (κ2) is 5.36. The van der Waals surface area contributed by atoms with Crippen molar-refractivity contribution in [2.24, 2.45) is 5.84 Å². The maximum Gasteiger partial charge on any atom is 0.324 e. The van der Waals surface area contributed by atoms with Gasteiger partial charge in [0.05, 0.1) is 12.9 Å². The molecule has 0 aromatic carbocycles. The minimum Gasteiger partial charge on any atom is -0.465 e. The Morgan fingerprint density at radius 1 is 1.86 bits per heavy atom. The van der Waals surface area contributed by atoms with E-state index in [1.54, 1.807) is 19.4 Å². The molecule has 0 aliphatic heterocycles. The summed E-state index contributed by atoms with van der Waals surface area (Å²) in [6.45, 7) is 2.10. The average Bonchev–Trinajstić information content (AvgIpc) is 2.66. The SMILES string of the molecule is CCOC(=O)C(Cc1cnc[nH]1)NN. The number of nitrogens with zero attached hydrogens (tertiary/aromatic N) is 1. The quantitative estimate of drug-likeness (QED) is 0.332. The Balaban J connectivity index is 2.50. The lowest BCUT2D eigenvalue weighted by Gasteiger charge is -2.12. The largest absolute Gasteiger partial charge is 0.465 e. The molecule has 0 amide bonds. The summed E-state index contributed by atoms with van der Waals surface area (Å²) in [6.07, 6.45) is 3.63. The number of aromatic nitrogens is 2. The number of nitrogens with one attached hydrogen (secondary N) is 2. The number of aromatic amines is 1. The van der Waals surface area contributed by atoms with Crippen molar-refractivity contribution in [3.05, 3.63) is 18.2 Å². The van der Waals surface area contributed by atoms with Crippen molar-refractivity contribution >= 4 is 5.97 Å². The second-order valence-electron chi connectivity index (χ2n) is 2.75. The lowest BCUT2D eigenvalue weighted by atomic mass is 10.2. The van der Waals surface area contributed by atoms with Crippen molar-refractivity contribution in [3.63, 3.8) is 0 Å². The molecule has 0 fully saturated rings. The molecule has 0 spiro atoms. The average molecular weight is 198 g/mol. The minimum absolute atomic E-state index is 0.347. The smallest absolute Gasteiger partial charge is 0.324 e. The first-order valence-corrected chi connectivity index (χ1v) is 4.38. The molecule has 4 N–H and O–H groups in total. The maximum absolute atomic E-state index is 11.3. The van der Waals surface area contributed by atoms with Crippen molar-refractivity contribution in [2.75, 3.05) is 6.61 Å². The Bertz CT molecular complexity index is 273. The zero-order valence-corrected chi connectivity index (χ0v) is 7.99. The molecule has 0 aliphatic rings. The molecular formula is C8H14N4O2. The summed E-state index contributed by atoms with van der Waals surface area (Å²) in [6, 6.07) is -0.532.